The van der Waals surface area contributed by atoms with Gasteiger partial charge in [0.1, 0.15) is 11.2 Å². The monoisotopic (exact) mass is 666 g/mol. The number of halogens is 2. The van der Waals surface area contributed by atoms with Gasteiger partial charge in [-0.25, -0.2) is 9.59 Å². The van der Waals surface area contributed by atoms with Gasteiger partial charge in [-0.15, -0.1) is 24.8 Å². The predicted octanol–water partition coefficient (Wildman–Crippen LogP) is 9.33. The van der Waals surface area contributed by atoms with E-state index in [0.29, 0.717) is 35.5 Å². The molecule has 0 atom stereocenters. The van der Waals surface area contributed by atoms with Crippen LogP contribution in [0.2, 0.25) is 0 Å². The molecule has 254 valence electrons. The maximum absolute atomic E-state index is 12.9. The summed E-state index contributed by atoms with van der Waals surface area (Å²) in [6, 6.07) is 10.7. The molecule has 45 heavy (non-hydrogen) atoms. The molecule has 0 amide bonds. The Balaban J connectivity index is 0.00000506. The second-order valence-electron chi connectivity index (χ2n) is 11.6. The number of nitrogens with zero attached hydrogens (tertiary/aromatic N) is 2. The van der Waals surface area contributed by atoms with Crippen molar-refractivity contribution in [1.29, 1.82) is 0 Å². The minimum atomic E-state index is -0.340. The molecule has 0 aliphatic heterocycles. The van der Waals surface area contributed by atoms with Gasteiger partial charge < -0.3 is 23.7 Å². The van der Waals surface area contributed by atoms with Crippen molar-refractivity contribution in [2.24, 2.45) is 0 Å². The summed E-state index contributed by atoms with van der Waals surface area (Å²) in [7, 11) is 0. The Kier molecular flexibility index (Phi) is 20.9. The molecule has 0 aliphatic rings. The zero-order chi connectivity index (χ0) is 30.9. The van der Waals surface area contributed by atoms with Crippen LogP contribution in [0, 0.1) is 0 Å². The van der Waals surface area contributed by atoms with Crippen LogP contribution in [0.15, 0.2) is 40.8 Å². The molecule has 0 N–H and O–H groups in total. The molecule has 3 aromatic rings. The number of hydrogen-bond acceptors (Lipinski definition) is 7. The summed E-state index contributed by atoms with van der Waals surface area (Å²) in [6.45, 7) is 15.9. The summed E-state index contributed by atoms with van der Waals surface area (Å²) in [6.07, 6.45) is 11.1. The first-order chi connectivity index (χ1) is 21.0. The Morgan fingerprint density at radius 1 is 0.556 bits per heavy atom. The lowest BCUT2D eigenvalue weighted by Gasteiger charge is -2.21. The molecule has 1 heterocycles. The summed E-state index contributed by atoms with van der Waals surface area (Å²) >= 11 is 0. The highest BCUT2D eigenvalue weighted by Crippen LogP contribution is 2.30. The van der Waals surface area contributed by atoms with Crippen molar-refractivity contribution in [3.05, 3.63) is 47.5 Å². The lowest BCUT2D eigenvalue weighted by molar-refractivity contribution is 0.0478. The summed E-state index contributed by atoms with van der Waals surface area (Å²) in [5, 5.41) is 1.57. The molecule has 7 nitrogen and oxygen atoms in total. The van der Waals surface area contributed by atoms with Gasteiger partial charge in [-0.2, -0.15) is 0 Å². The SMILES string of the molecule is CCCCN(CCCC)CCCOC(=O)c1ccc2oc3ccc(C(=O)OCCCN(CCCC)CCCC)cc3c2c1.Cl.Cl. The number of hydrogen-bond donors (Lipinski definition) is 0. The fourth-order valence-corrected chi connectivity index (χ4v) is 5.30. The quantitative estimate of drug-likeness (QED) is 0.0781. The van der Waals surface area contributed by atoms with Gasteiger partial charge in [0.05, 0.1) is 24.3 Å². The average Bonchev–Trinajstić information content (AvgIpc) is 3.40. The number of unbranched alkanes of at least 4 members (excludes halogenated alkanes) is 4. The second-order valence-corrected chi connectivity index (χ2v) is 11.6. The number of ether oxygens (including phenoxy) is 2. The van der Waals surface area contributed by atoms with Crippen molar-refractivity contribution in [3.8, 4) is 0 Å². The van der Waals surface area contributed by atoms with Gasteiger partial charge in [-0.3, -0.25) is 0 Å². The van der Waals surface area contributed by atoms with E-state index in [1.807, 2.05) is 0 Å². The maximum atomic E-state index is 12.9. The first kappa shape index (κ1) is 40.7. The highest BCUT2D eigenvalue weighted by molar-refractivity contribution is 6.09. The summed E-state index contributed by atoms with van der Waals surface area (Å²) in [5.74, 6) is -0.681. The van der Waals surface area contributed by atoms with E-state index >= 15 is 0 Å². The first-order valence-corrected chi connectivity index (χ1v) is 16.8. The van der Waals surface area contributed by atoms with E-state index in [-0.39, 0.29) is 36.8 Å². The molecule has 2 aromatic carbocycles. The largest absolute Gasteiger partial charge is 0.462 e. The molecule has 0 saturated carbocycles. The van der Waals surface area contributed by atoms with Crippen LogP contribution >= 0.6 is 24.8 Å². The van der Waals surface area contributed by atoms with Crippen molar-refractivity contribution in [2.75, 3.05) is 52.5 Å². The molecule has 0 bridgehead atoms. The van der Waals surface area contributed by atoms with Crippen LogP contribution in [0.5, 0.6) is 0 Å². The molecule has 0 spiro atoms. The number of furan rings is 1. The highest BCUT2D eigenvalue weighted by atomic mass is 35.5. The van der Waals surface area contributed by atoms with Crippen LogP contribution in [-0.4, -0.2) is 74.2 Å². The van der Waals surface area contributed by atoms with Crippen molar-refractivity contribution in [2.45, 2.75) is 91.9 Å². The number of fused-ring (bicyclic) bond motifs is 3. The third-order valence-electron chi connectivity index (χ3n) is 7.96. The fraction of sp³-hybridized carbons (Fsp3) is 0.611. The van der Waals surface area contributed by atoms with Gasteiger partial charge in [-0.05, 0) is 101 Å². The number of carbonyl (C=O) groups is 2. The van der Waals surface area contributed by atoms with E-state index in [2.05, 4.69) is 37.5 Å². The van der Waals surface area contributed by atoms with E-state index in [4.69, 9.17) is 13.9 Å². The number of carbonyl (C=O) groups excluding carboxylic acids is 2. The Hall–Kier alpha value is -2.32. The van der Waals surface area contributed by atoms with E-state index in [0.717, 1.165) is 62.9 Å². The van der Waals surface area contributed by atoms with Crippen molar-refractivity contribution >= 4 is 58.7 Å². The Morgan fingerprint density at radius 2 is 0.889 bits per heavy atom. The van der Waals surface area contributed by atoms with Crippen LogP contribution in [-0.2, 0) is 9.47 Å². The lowest BCUT2D eigenvalue weighted by Crippen LogP contribution is -2.28. The molecular formula is C36H56Cl2N2O5. The summed E-state index contributed by atoms with van der Waals surface area (Å²) in [4.78, 5) is 30.7. The normalized spacial score (nSPS) is 11.2. The average molecular weight is 668 g/mol. The Morgan fingerprint density at radius 3 is 1.22 bits per heavy atom. The molecule has 0 fully saturated rings. The van der Waals surface area contributed by atoms with E-state index in [1.54, 1.807) is 36.4 Å². The van der Waals surface area contributed by atoms with Crippen LogP contribution in [0.25, 0.3) is 21.9 Å². The van der Waals surface area contributed by atoms with Crippen molar-refractivity contribution in [1.82, 2.24) is 9.80 Å². The van der Waals surface area contributed by atoms with E-state index < -0.39 is 0 Å². The standard InChI is InChI=1S/C36H54N2O5.2ClH/c1-5-9-19-37(20-10-6-2)23-13-25-41-35(39)29-15-17-33-31(27-29)32-28-30(16-18-34(32)43-33)36(40)42-26-14-24-38(21-11-7-3)22-12-8-4;;/h15-18,27-28H,5-14,19-26H2,1-4H3;2*1H. The van der Waals surface area contributed by atoms with Gasteiger partial charge in [0.15, 0.2) is 0 Å². The third kappa shape index (κ3) is 13.5. The van der Waals surface area contributed by atoms with E-state index in [9.17, 15) is 9.59 Å². The zero-order valence-electron chi connectivity index (χ0n) is 27.9. The lowest BCUT2D eigenvalue weighted by atomic mass is 10.1. The Labute approximate surface area is 283 Å². The highest BCUT2D eigenvalue weighted by Gasteiger charge is 2.16. The smallest absolute Gasteiger partial charge is 0.338 e. The molecule has 0 saturated heterocycles. The van der Waals surface area contributed by atoms with Gasteiger partial charge in [0, 0.05) is 23.9 Å². The van der Waals surface area contributed by atoms with Gasteiger partial charge in [0.2, 0.25) is 0 Å². The number of esters is 2. The second kappa shape index (κ2) is 23.1. The van der Waals surface area contributed by atoms with Crippen LogP contribution in [0.3, 0.4) is 0 Å². The first-order valence-electron chi connectivity index (χ1n) is 16.8. The summed E-state index contributed by atoms with van der Waals surface area (Å²) in [5.41, 5.74) is 2.29. The van der Waals surface area contributed by atoms with Gasteiger partial charge >= 0.3 is 11.9 Å². The maximum Gasteiger partial charge on any atom is 0.338 e. The minimum Gasteiger partial charge on any atom is -0.462 e. The van der Waals surface area contributed by atoms with Crippen molar-refractivity contribution < 1.29 is 23.5 Å². The predicted molar refractivity (Wildman–Crippen MR) is 191 cm³/mol. The number of benzene rings is 2. The topological polar surface area (TPSA) is 72.2 Å². The van der Waals surface area contributed by atoms with Crippen molar-refractivity contribution in [3.63, 3.8) is 0 Å². The molecule has 9 heteroatoms. The third-order valence-corrected chi connectivity index (χ3v) is 7.96. The molecule has 3 rings (SSSR count). The molecule has 0 radical (unpaired) electrons. The zero-order valence-corrected chi connectivity index (χ0v) is 29.6. The Bertz CT molecular complexity index is 1150. The van der Waals surface area contributed by atoms with Gasteiger partial charge in [0.25, 0.3) is 0 Å². The summed E-state index contributed by atoms with van der Waals surface area (Å²) < 4.78 is 17.2. The van der Waals surface area contributed by atoms with Gasteiger partial charge in [-0.1, -0.05) is 53.4 Å². The van der Waals surface area contributed by atoms with Crippen LogP contribution in [0.1, 0.15) is 113 Å². The number of rotatable bonds is 22. The fourth-order valence-electron chi connectivity index (χ4n) is 5.30. The molecule has 0 unspecified atom stereocenters. The molecular weight excluding hydrogens is 611 g/mol. The molecule has 1 aromatic heterocycles. The minimum absolute atomic E-state index is 0. The van der Waals surface area contributed by atoms with Crippen LogP contribution < -0.4 is 0 Å². The van der Waals surface area contributed by atoms with E-state index in [1.165, 1.54) is 51.4 Å². The molecule has 0 aliphatic carbocycles. The van der Waals surface area contributed by atoms with Crippen LogP contribution in [0.4, 0.5) is 0 Å².